The first-order chi connectivity index (χ1) is 11.6. The summed E-state index contributed by atoms with van der Waals surface area (Å²) in [5.41, 5.74) is -0.521. The van der Waals surface area contributed by atoms with Gasteiger partial charge in [-0.2, -0.15) is 0 Å². The molecule has 2 fully saturated rings. The molecule has 2 aliphatic rings. The number of rotatable bonds is 3. The van der Waals surface area contributed by atoms with Crippen LogP contribution in [0.3, 0.4) is 0 Å². The van der Waals surface area contributed by atoms with Crippen molar-refractivity contribution in [2.24, 2.45) is 0 Å². The molecular formula is C17H22ClF2N3O2. The van der Waals surface area contributed by atoms with Crippen molar-refractivity contribution in [3.05, 3.63) is 35.4 Å². The topological polar surface area (TPSA) is 52.7 Å². The first-order valence-corrected chi connectivity index (χ1v) is 8.30. The van der Waals surface area contributed by atoms with Gasteiger partial charge >= 0.3 is 0 Å². The van der Waals surface area contributed by atoms with Crippen molar-refractivity contribution in [1.82, 2.24) is 15.1 Å². The summed E-state index contributed by atoms with van der Waals surface area (Å²) < 4.78 is 27.5. The Kier molecular flexibility index (Phi) is 6.72. The summed E-state index contributed by atoms with van der Waals surface area (Å²) in [5.74, 6) is -2.30. The third-order valence-corrected chi connectivity index (χ3v) is 4.68. The van der Waals surface area contributed by atoms with Crippen LogP contribution in [0.1, 0.15) is 29.6 Å². The van der Waals surface area contributed by atoms with Crippen LogP contribution in [0.15, 0.2) is 18.2 Å². The minimum Gasteiger partial charge on any atom is -0.339 e. The average molecular weight is 374 g/mol. The van der Waals surface area contributed by atoms with Gasteiger partial charge in [0.15, 0.2) is 0 Å². The van der Waals surface area contributed by atoms with E-state index in [2.05, 4.69) is 5.32 Å². The molecular weight excluding hydrogens is 352 g/mol. The van der Waals surface area contributed by atoms with Crippen molar-refractivity contribution in [3.63, 3.8) is 0 Å². The molecule has 138 valence electrons. The van der Waals surface area contributed by atoms with Crippen LogP contribution in [0.2, 0.25) is 0 Å². The number of carbonyl (C=O) groups is 2. The minimum atomic E-state index is -0.856. The number of nitrogens with zero attached hydrogens (tertiary/aromatic N) is 2. The maximum Gasteiger partial charge on any atom is 0.259 e. The molecule has 1 unspecified atom stereocenters. The van der Waals surface area contributed by atoms with E-state index in [0.717, 1.165) is 31.5 Å². The molecule has 2 aliphatic heterocycles. The van der Waals surface area contributed by atoms with Gasteiger partial charge in [0.25, 0.3) is 5.91 Å². The van der Waals surface area contributed by atoms with E-state index in [1.165, 1.54) is 11.0 Å². The number of benzene rings is 1. The third-order valence-electron chi connectivity index (χ3n) is 4.68. The Morgan fingerprint density at radius 1 is 1.08 bits per heavy atom. The Morgan fingerprint density at radius 2 is 1.68 bits per heavy atom. The first-order valence-electron chi connectivity index (χ1n) is 8.30. The molecule has 1 atom stereocenters. The van der Waals surface area contributed by atoms with Crippen molar-refractivity contribution >= 4 is 24.2 Å². The van der Waals surface area contributed by atoms with Crippen molar-refractivity contribution < 1.29 is 18.4 Å². The van der Waals surface area contributed by atoms with Crippen LogP contribution in [-0.4, -0.2) is 60.4 Å². The Morgan fingerprint density at radius 3 is 2.24 bits per heavy atom. The van der Waals surface area contributed by atoms with Crippen LogP contribution < -0.4 is 5.32 Å². The fourth-order valence-corrected chi connectivity index (χ4v) is 3.29. The second-order valence-electron chi connectivity index (χ2n) is 6.27. The number of hydrogen-bond acceptors (Lipinski definition) is 3. The molecule has 5 nitrogen and oxygen atoms in total. The van der Waals surface area contributed by atoms with E-state index in [-0.39, 0.29) is 37.4 Å². The molecule has 0 spiro atoms. The van der Waals surface area contributed by atoms with Crippen molar-refractivity contribution in [1.29, 1.82) is 0 Å². The second-order valence-corrected chi connectivity index (χ2v) is 6.27. The summed E-state index contributed by atoms with van der Waals surface area (Å²) in [6, 6.07) is 3.62. The summed E-state index contributed by atoms with van der Waals surface area (Å²) in [6.07, 6.45) is 2.57. The molecule has 2 saturated heterocycles. The lowest BCUT2D eigenvalue weighted by atomic mass is 10.1. The number of nitrogens with one attached hydrogen (secondary N) is 1. The molecule has 1 aromatic carbocycles. The monoisotopic (exact) mass is 373 g/mol. The summed E-state index contributed by atoms with van der Waals surface area (Å²) in [7, 11) is 0. The Labute approximate surface area is 151 Å². The maximum atomic E-state index is 13.7. The van der Waals surface area contributed by atoms with Gasteiger partial charge in [-0.25, -0.2) is 8.78 Å². The summed E-state index contributed by atoms with van der Waals surface area (Å²) >= 11 is 0. The smallest absolute Gasteiger partial charge is 0.259 e. The normalized spacial score (nSPS) is 20.3. The van der Waals surface area contributed by atoms with Gasteiger partial charge in [-0.1, -0.05) is 6.07 Å². The predicted molar refractivity (Wildman–Crippen MR) is 91.7 cm³/mol. The Bertz CT molecular complexity index is 610. The van der Waals surface area contributed by atoms with Gasteiger partial charge in [-0.15, -0.1) is 12.4 Å². The van der Waals surface area contributed by atoms with Gasteiger partial charge in [0, 0.05) is 38.6 Å². The van der Waals surface area contributed by atoms with Gasteiger partial charge < -0.3 is 15.1 Å². The van der Waals surface area contributed by atoms with Crippen LogP contribution in [0.5, 0.6) is 0 Å². The lowest BCUT2D eigenvalue weighted by Gasteiger charge is -2.35. The fraction of sp³-hybridized carbons (Fsp3) is 0.529. The molecule has 8 heteroatoms. The zero-order chi connectivity index (χ0) is 17.1. The van der Waals surface area contributed by atoms with Crippen LogP contribution in [0, 0.1) is 11.6 Å². The largest absolute Gasteiger partial charge is 0.339 e. The van der Waals surface area contributed by atoms with E-state index < -0.39 is 23.1 Å². The quantitative estimate of drug-likeness (QED) is 0.879. The zero-order valence-electron chi connectivity index (χ0n) is 13.8. The van der Waals surface area contributed by atoms with Crippen LogP contribution in [0.25, 0.3) is 0 Å². The number of hydrogen-bond donors (Lipinski definition) is 1. The molecule has 2 amide bonds. The number of piperazine rings is 1. The molecule has 0 bridgehead atoms. The molecule has 0 aliphatic carbocycles. The Hall–Kier alpha value is -1.73. The predicted octanol–water partition coefficient (Wildman–Crippen LogP) is 1.81. The molecule has 25 heavy (non-hydrogen) atoms. The van der Waals surface area contributed by atoms with E-state index >= 15 is 0 Å². The van der Waals surface area contributed by atoms with Crippen LogP contribution in [0.4, 0.5) is 8.78 Å². The standard InChI is InChI=1S/C17H21F2N3O2.ClH/c18-13-4-1-5-14(19)16(13)17(24)22-9-7-21(8-10-22)15(23)11-12-3-2-6-20-12;/h1,4-5,12,20H,2-3,6-11H2;1H. The highest BCUT2D eigenvalue weighted by molar-refractivity contribution is 5.95. The van der Waals surface area contributed by atoms with Gasteiger partial charge in [-0.3, -0.25) is 9.59 Å². The molecule has 0 aromatic heterocycles. The summed E-state index contributed by atoms with van der Waals surface area (Å²) in [6.45, 7) is 2.32. The van der Waals surface area contributed by atoms with Crippen LogP contribution in [-0.2, 0) is 4.79 Å². The van der Waals surface area contributed by atoms with Gasteiger partial charge in [-0.05, 0) is 31.5 Å². The zero-order valence-corrected chi connectivity index (χ0v) is 14.7. The van der Waals surface area contributed by atoms with Crippen molar-refractivity contribution in [3.8, 4) is 0 Å². The highest BCUT2D eigenvalue weighted by Crippen LogP contribution is 2.17. The molecule has 3 rings (SSSR count). The van der Waals surface area contributed by atoms with Crippen LogP contribution >= 0.6 is 12.4 Å². The first kappa shape index (κ1) is 19.6. The van der Waals surface area contributed by atoms with Crippen molar-refractivity contribution in [2.45, 2.75) is 25.3 Å². The third kappa shape index (κ3) is 4.46. The lowest BCUT2D eigenvalue weighted by Crippen LogP contribution is -2.51. The van der Waals surface area contributed by atoms with E-state index in [1.807, 2.05) is 0 Å². The molecule has 0 radical (unpaired) electrons. The minimum absolute atomic E-state index is 0. The van der Waals surface area contributed by atoms with E-state index in [0.29, 0.717) is 19.5 Å². The number of amides is 2. The number of carbonyl (C=O) groups excluding carboxylic acids is 2. The Balaban J connectivity index is 0.00000225. The molecule has 2 heterocycles. The molecule has 1 N–H and O–H groups in total. The molecule has 0 saturated carbocycles. The maximum absolute atomic E-state index is 13.7. The van der Waals surface area contributed by atoms with Crippen molar-refractivity contribution in [2.75, 3.05) is 32.7 Å². The van der Waals surface area contributed by atoms with Gasteiger partial charge in [0.05, 0.1) is 0 Å². The van der Waals surface area contributed by atoms with E-state index in [9.17, 15) is 18.4 Å². The SMILES string of the molecule is Cl.O=C(CC1CCCN1)N1CCN(C(=O)c2c(F)cccc2F)CC1. The summed E-state index contributed by atoms with van der Waals surface area (Å²) in [5, 5.41) is 3.29. The van der Waals surface area contributed by atoms with E-state index in [4.69, 9.17) is 0 Å². The van der Waals surface area contributed by atoms with Gasteiger partial charge in [0.1, 0.15) is 17.2 Å². The van der Waals surface area contributed by atoms with E-state index in [1.54, 1.807) is 4.90 Å². The van der Waals surface area contributed by atoms with Gasteiger partial charge in [0.2, 0.25) is 5.91 Å². The highest BCUT2D eigenvalue weighted by atomic mass is 35.5. The number of halogens is 3. The second kappa shape index (κ2) is 8.58. The lowest BCUT2D eigenvalue weighted by molar-refractivity contribution is -0.133. The summed E-state index contributed by atoms with van der Waals surface area (Å²) in [4.78, 5) is 27.7. The fourth-order valence-electron chi connectivity index (χ4n) is 3.29. The highest BCUT2D eigenvalue weighted by Gasteiger charge is 2.29. The average Bonchev–Trinajstić information content (AvgIpc) is 3.07. The molecule has 1 aromatic rings.